The highest BCUT2D eigenvalue weighted by atomic mass is 35.5. The van der Waals surface area contributed by atoms with E-state index in [4.69, 9.17) is 22.6 Å². The van der Waals surface area contributed by atoms with Crippen molar-refractivity contribution in [3.05, 3.63) is 118 Å². The molecular weight excluding hydrogens is 684 g/mol. The molecule has 6 rings (SSSR count). The molecule has 264 valence electrons. The Kier molecular flexibility index (Phi) is 12.0. The Bertz CT molecular complexity index is 2460. The summed E-state index contributed by atoms with van der Waals surface area (Å²) in [5, 5.41) is 39.6. The first-order valence-corrected chi connectivity index (χ1v) is 17.0. The molecule has 0 aliphatic carbocycles. The van der Waals surface area contributed by atoms with Crippen LogP contribution in [0.5, 0.6) is 0 Å². The third kappa shape index (κ3) is 9.35. The van der Waals surface area contributed by atoms with Crippen molar-refractivity contribution < 1.29 is 4.79 Å². The minimum atomic E-state index is -0.0342. The van der Waals surface area contributed by atoms with E-state index in [-0.39, 0.29) is 5.91 Å². The molecule has 0 spiro atoms. The van der Waals surface area contributed by atoms with E-state index in [1.807, 2.05) is 70.4 Å². The fourth-order valence-electron chi connectivity index (χ4n) is 5.57. The highest BCUT2D eigenvalue weighted by Crippen LogP contribution is 2.34. The van der Waals surface area contributed by atoms with E-state index in [0.717, 1.165) is 57.3 Å². The SMILES string of the molecule is Cc1cc2ncc(C#N)c(Nc3cccc(C#N)c3)c2cc1N.Cc1cc2ncc(C#N)c(Nc3cccc(Cl)c3)c2cc1NC(=O)CCCN(C)C. The average molecular weight is 721 g/mol. The van der Waals surface area contributed by atoms with E-state index in [1.54, 1.807) is 36.5 Å². The van der Waals surface area contributed by atoms with Crippen molar-refractivity contribution in [2.45, 2.75) is 26.7 Å². The molecule has 4 aromatic carbocycles. The summed E-state index contributed by atoms with van der Waals surface area (Å²) in [5.74, 6) is -0.0342. The van der Waals surface area contributed by atoms with Crippen molar-refractivity contribution in [2.75, 3.05) is 42.3 Å². The van der Waals surface area contributed by atoms with Crippen LogP contribution in [0.1, 0.15) is 40.7 Å². The monoisotopic (exact) mass is 720 g/mol. The van der Waals surface area contributed by atoms with Gasteiger partial charge >= 0.3 is 0 Å². The van der Waals surface area contributed by atoms with Gasteiger partial charge in [-0.05, 0) is 113 Å². The summed E-state index contributed by atoms with van der Waals surface area (Å²) in [4.78, 5) is 23.2. The fraction of sp³-hybridized carbons (Fsp3) is 0.171. The number of nitrogens with one attached hydrogen (secondary N) is 3. The molecule has 0 fully saturated rings. The van der Waals surface area contributed by atoms with Gasteiger partial charge in [0.1, 0.15) is 12.1 Å². The fourth-order valence-corrected chi connectivity index (χ4v) is 5.76. The van der Waals surface area contributed by atoms with Crippen LogP contribution in [0.2, 0.25) is 5.02 Å². The number of aryl methyl sites for hydroxylation is 2. The molecule has 2 aromatic heterocycles. The maximum atomic E-state index is 12.4. The van der Waals surface area contributed by atoms with Crippen molar-refractivity contribution >= 4 is 73.4 Å². The molecule has 0 aliphatic rings. The van der Waals surface area contributed by atoms with E-state index >= 15 is 0 Å². The molecule has 11 nitrogen and oxygen atoms in total. The quantitative estimate of drug-likeness (QED) is 0.106. The van der Waals surface area contributed by atoms with Gasteiger partial charge in [-0.15, -0.1) is 0 Å². The largest absolute Gasteiger partial charge is 0.398 e. The zero-order valence-corrected chi connectivity index (χ0v) is 30.5. The molecule has 53 heavy (non-hydrogen) atoms. The lowest BCUT2D eigenvalue weighted by atomic mass is 10.0. The molecule has 6 aromatic rings. The van der Waals surface area contributed by atoms with E-state index in [1.165, 1.54) is 6.20 Å². The number of halogens is 1. The van der Waals surface area contributed by atoms with Crippen LogP contribution in [0.25, 0.3) is 21.8 Å². The molecule has 0 aliphatic heterocycles. The normalized spacial score (nSPS) is 10.5. The first-order chi connectivity index (χ1) is 25.5. The van der Waals surface area contributed by atoms with Crippen LogP contribution < -0.4 is 21.7 Å². The van der Waals surface area contributed by atoms with Gasteiger partial charge in [0.05, 0.1) is 45.2 Å². The predicted octanol–water partition coefficient (Wildman–Crippen LogP) is 8.70. The van der Waals surface area contributed by atoms with E-state index in [2.05, 4.69) is 49.0 Å². The highest BCUT2D eigenvalue weighted by Gasteiger charge is 2.14. The Labute approximate surface area is 313 Å². The highest BCUT2D eigenvalue weighted by molar-refractivity contribution is 6.30. The number of anilines is 6. The lowest BCUT2D eigenvalue weighted by Crippen LogP contribution is -2.17. The Hall–Kier alpha value is -6.71. The number of nitriles is 3. The number of benzene rings is 4. The van der Waals surface area contributed by atoms with E-state index < -0.39 is 0 Å². The van der Waals surface area contributed by atoms with Crippen molar-refractivity contribution in [1.29, 1.82) is 15.8 Å². The maximum absolute atomic E-state index is 12.4. The summed E-state index contributed by atoms with van der Waals surface area (Å²) < 4.78 is 0. The number of hydrogen-bond donors (Lipinski definition) is 4. The van der Waals surface area contributed by atoms with Gasteiger partial charge in [-0.1, -0.05) is 23.7 Å². The molecule has 0 saturated carbocycles. The molecule has 5 N–H and O–H groups in total. The molecule has 0 unspecified atom stereocenters. The van der Waals surface area contributed by atoms with Crippen molar-refractivity contribution in [3.8, 4) is 18.2 Å². The zero-order valence-electron chi connectivity index (χ0n) is 29.8. The lowest BCUT2D eigenvalue weighted by Gasteiger charge is -2.15. The molecule has 0 atom stereocenters. The van der Waals surface area contributed by atoms with Gasteiger partial charge in [0.25, 0.3) is 0 Å². The van der Waals surface area contributed by atoms with Gasteiger partial charge in [-0.2, -0.15) is 15.8 Å². The molecule has 2 heterocycles. The van der Waals surface area contributed by atoms with Gasteiger partial charge in [-0.3, -0.25) is 14.8 Å². The second kappa shape index (κ2) is 17.0. The second-order valence-electron chi connectivity index (χ2n) is 12.6. The summed E-state index contributed by atoms with van der Waals surface area (Å²) in [6.07, 6.45) is 4.32. The van der Waals surface area contributed by atoms with Gasteiger partial charge in [0, 0.05) is 57.4 Å². The van der Waals surface area contributed by atoms with E-state index in [0.29, 0.717) is 50.9 Å². The smallest absolute Gasteiger partial charge is 0.224 e. The number of nitrogens with two attached hydrogens (primary N) is 1. The molecule has 0 radical (unpaired) electrons. The number of nitrogen functional groups attached to an aromatic ring is 1. The van der Waals surface area contributed by atoms with Gasteiger partial charge in [0.2, 0.25) is 5.91 Å². The molecule has 12 heteroatoms. The molecular formula is C41H37ClN10O. The number of aromatic nitrogens is 2. The number of rotatable bonds is 9. The predicted molar refractivity (Wildman–Crippen MR) is 212 cm³/mol. The number of amides is 1. The summed E-state index contributed by atoms with van der Waals surface area (Å²) in [5.41, 5.74) is 14.8. The average Bonchev–Trinajstić information content (AvgIpc) is 3.13. The van der Waals surface area contributed by atoms with Crippen LogP contribution >= 0.6 is 11.6 Å². The first kappa shape index (κ1) is 37.5. The van der Waals surface area contributed by atoms with E-state index in [9.17, 15) is 15.3 Å². The van der Waals surface area contributed by atoms with Crippen LogP contribution in [-0.4, -0.2) is 41.4 Å². The Morgan fingerprint density at radius 3 is 1.96 bits per heavy atom. The minimum Gasteiger partial charge on any atom is -0.398 e. The number of pyridine rings is 2. The van der Waals surface area contributed by atoms with Crippen molar-refractivity contribution in [3.63, 3.8) is 0 Å². The Morgan fingerprint density at radius 2 is 1.38 bits per heavy atom. The lowest BCUT2D eigenvalue weighted by molar-refractivity contribution is -0.116. The van der Waals surface area contributed by atoms with Gasteiger partial charge < -0.3 is 26.6 Å². The summed E-state index contributed by atoms with van der Waals surface area (Å²) in [6.45, 7) is 4.70. The number of carbonyl (C=O) groups excluding carboxylic acids is 1. The minimum absolute atomic E-state index is 0.0342. The van der Waals surface area contributed by atoms with Crippen LogP contribution in [0, 0.1) is 47.8 Å². The number of carbonyl (C=O) groups is 1. The topological polar surface area (TPSA) is 180 Å². The van der Waals surface area contributed by atoms with Crippen LogP contribution in [0.3, 0.4) is 0 Å². The number of nitrogens with zero attached hydrogens (tertiary/aromatic N) is 6. The molecule has 1 amide bonds. The molecule has 0 bridgehead atoms. The van der Waals surface area contributed by atoms with Crippen molar-refractivity contribution in [1.82, 2.24) is 14.9 Å². The second-order valence-corrected chi connectivity index (χ2v) is 13.1. The Morgan fingerprint density at radius 1 is 0.792 bits per heavy atom. The standard InChI is InChI=1S/C23H24ClN5O.C18H13N5/c1-15-10-21-19(12-20(15)28-22(30)8-5-9-29(2)3)23(16(13-25)14-26-21)27-18-7-4-6-17(24)11-18;1-11-5-17-15(7-16(11)21)18(13(9-20)10-22-17)23-14-4-2-3-12(6-14)8-19/h4,6-7,10-12,14H,5,8-9H2,1-3H3,(H,26,27)(H,28,30);2-7,10H,21H2,1H3,(H,22,23). The van der Waals surface area contributed by atoms with Crippen LogP contribution in [0.4, 0.5) is 34.1 Å². The van der Waals surface area contributed by atoms with Crippen molar-refractivity contribution in [2.24, 2.45) is 0 Å². The summed E-state index contributed by atoms with van der Waals surface area (Å²) >= 11 is 6.10. The Balaban J connectivity index is 0.000000211. The van der Waals surface area contributed by atoms with Crippen LogP contribution in [0.15, 0.2) is 85.2 Å². The number of hydrogen-bond acceptors (Lipinski definition) is 10. The van der Waals surface area contributed by atoms with Crippen LogP contribution in [-0.2, 0) is 4.79 Å². The summed E-state index contributed by atoms with van der Waals surface area (Å²) in [7, 11) is 3.97. The molecule has 0 saturated heterocycles. The first-order valence-electron chi connectivity index (χ1n) is 16.7. The third-order valence-electron chi connectivity index (χ3n) is 8.35. The third-order valence-corrected chi connectivity index (χ3v) is 8.58. The van der Waals surface area contributed by atoms with Gasteiger partial charge in [0.15, 0.2) is 0 Å². The zero-order chi connectivity index (χ0) is 38.1. The number of fused-ring (bicyclic) bond motifs is 2. The van der Waals surface area contributed by atoms with Gasteiger partial charge in [-0.25, -0.2) is 0 Å². The summed E-state index contributed by atoms with van der Waals surface area (Å²) in [6, 6.07) is 28.3. The maximum Gasteiger partial charge on any atom is 0.224 e.